The molecule has 2 N–H and O–H groups in total. The van der Waals surface area contributed by atoms with Crippen LogP contribution in [0.15, 0.2) is 45.9 Å². The molecule has 0 atom stereocenters. The standard InChI is InChI=1S/C19H26N4O.HI/c1-14(2)17-11-16(24-23-17)12-21-18(20-3)22-13-19(9-10-19)15-7-5-4-6-8-15;/h4-8,11,14H,9-10,12-13H2,1-3H3,(H2,20,21,22);1H. The fraction of sp³-hybridized carbons (Fsp3) is 0.474. The van der Waals surface area contributed by atoms with Crippen LogP contribution in [0.25, 0.3) is 0 Å². The molecule has 0 saturated heterocycles. The molecule has 2 aromatic rings. The second kappa shape index (κ2) is 8.69. The van der Waals surface area contributed by atoms with E-state index in [0.29, 0.717) is 12.5 Å². The van der Waals surface area contributed by atoms with E-state index in [0.717, 1.165) is 24.0 Å². The molecular weight excluding hydrogens is 427 g/mol. The molecule has 25 heavy (non-hydrogen) atoms. The number of rotatable bonds is 6. The van der Waals surface area contributed by atoms with Crippen molar-refractivity contribution in [1.29, 1.82) is 0 Å². The average molecular weight is 454 g/mol. The Kier molecular flexibility index (Phi) is 6.87. The largest absolute Gasteiger partial charge is 0.359 e. The molecule has 3 rings (SSSR count). The number of guanidine groups is 1. The molecule has 0 aliphatic heterocycles. The summed E-state index contributed by atoms with van der Waals surface area (Å²) in [6.45, 7) is 5.69. The minimum Gasteiger partial charge on any atom is -0.359 e. The summed E-state index contributed by atoms with van der Waals surface area (Å²) in [7, 11) is 1.79. The number of nitrogens with one attached hydrogen (secondary N) is 2. The fourth-order valence-corrected chi connectivity index (χ4v) is 2.84. The van der Waals surface area contributed by atoms with E-state index in [1.54, 1.807) is 7.05 Å². The minimum absolute atomic E-state index is 0. The number of hydrogen-bond donors (Lipinski definition) is 2. The summed E-state index contributed by atoms with van der Waals surface area (Å²) in [4.78, 5) is 4.30. The van der Waals surface area contributed by atoms with Crippen molar-refractivity contribution in [3.8, 4) is 0 Å². The zero-order valence-electron chi connectivity index (χ0n) is 15.1. The third kappa shape index (κ3) is 4.96. The first kappa shape index (κ1) is 19.8. The predicted octanol–water partition coefficient (Wildman–Crippen LogP) is 3.81. The summed E-state index contributed by atoms with van der Waals surface area (Å²) < 4.78 is 5.35. The third-order valence-corrected chi connectivity index (χ3v) is 4.66. The highest BCUT2D eigenvalue weighted by atomic mass is 127. The van der Waals surface area contributed by atoms with Crippen LogP contribution in [0.3, 0.4) is 0 Å². The van der Waals surface area contributed by atoms with Crippen LogP contribution in [-0.2, 0) is 12.0 Å². The molecule has 1 aromatic carbocycles. The first-order valence-corrected chi connectivity index (χ1v) is 8.58. The lowest BCUT2D eigenvalue weighted by molar-refractivity contribution is 0.372. The molecule has 1 aliphatic carbocycles. The maximum Gasteiger partial charge on any atom is 0.191 e. The van der Waals surface area contributed by atoms with Gasteiger partial charge in [0.25, 0.3) is 0 Å². The van der Waals surface area contributed by atoms with Crippen molar-refractivity contribution in [1.82, 2.24) is 15.8 Å². The van der Waals surface area contributed by atoms with Gasteiger partial charge in [-0.1, -0.05) is 49.3 Å². The number of aromatic nitrogens is 1. The van der Waals surface area contributed by atoms with Crippen molar-refractivity contribution in [3.63, 3.8) is 0 Å². The number of nitrogens with zero attached hydrogens (tertiary/aromatic N) is 2. The van der Waals surface area contributed by atoms with E-state index in [9.17, 15) is 0 Å². The number of hydrogen-bond acceptors (Lipinski definition) is 3. The van der Waals surface area contributed by atoms with Gasteiger partial charge < -0.3 is 15.2 Å². The first-order valence-electron chi connectivity index (χ1n) is 8.58. The highest BCUT2D eigenvalue weighted by Crippen LogP contribution is 2.47. The third-order valence-electron chi connectivity index (χ3n) is 4.66. The van der Waals surface area contributed by atoms with E-state index >= 15 is 0 Å². The van der Waals surface area contributed by atoms with Crippen molar-refractivity contribution in [2.75, 3.05) is 13.6 Å². The maximum atomic E-state index is 5.35. The SMILES string of the molecule is CN=C(NCc1cc(C(C)C)no1)NCC1(c2ccccc2)CC1.I. The van der Waals surface area contributed by atoms with Crippen molar-refractivity contribution < 1.29 is 4.52 Å². The van der Waals surface area contributed by atoms with E-state index in [1.807, 2.05) is 6.07 Å². The van der Waals surface area contributed by atoms with Gasteiger partial charge in [-0.3, -0.25) is 4.99 Å². The summed E-state index contributed by atoms with van der Waals surface area (Å²) in [5.74, 6) is 1.99. The Balaban J connectivity index is 0.00000225. The smallest absolute Gasteiger partial charge is 0.191 e. The van der Waals surface area contributed by atoms with Gasteiger partial charge in [-0.2, -0.15) is 0 Å². The number of aliphatic imine (C=N–C) groups is 1. The van der Waals surface area contributed by atoms with E-state index in [4.69, 9.17) is 4.52 Å². The quantitative estimate of drug-likeness (QED) is 0.396. The second-order valence-electron chi connectivity index (χ2n) is 6.80. The summed E-state index contributed by atoms with van der Waals surface area (Å²) in [6, 6.07) is 12.7. The van der Waals surface area contributed by atoms with Crippen molar-refractivity contribution in [3.05, 3.63) is 53.4 Å². The normalized spacial score (nSPS) is 15.6. The van der Waals surface area contributed by atoms with Crippen molar-refractivity contribution in [2.45, 2.75) is 44.6 Å². The predicted molar refractivity (Wildman–Crippen MR) is 112 cm³/mol. The number of halogens is 1. The van der Waals surface area contributed by atoms with E-state index < -0.39 is 0 Å². The Morgan fingerprint density at radius 3 is 2.52 bits per heavy atom. The highest BCUT2D eigenvalue weighted by Gasteiger charge is 2.43. The lowest BCUT2D eigenvalue weighted by Crippen LogP contribution is -2.40. The fourth-order valence-electron chi connectivity index (χ4n) is 2.84. The molecule has 1 aliphatic rings. The molecule has 0 unspecified atom stereocenters. The molecule has 1 aromatic heterocycles. The molecule has 6 heteroatoms. The highest BCUT2D eigenvalue weighted by molar-refractivity contribution is 14.0. The van der Waals surface area contributed by atoms with Gasteiger partial charge in [0.15, 0.2) is 11.7 Å². The van der Waals surface area contributed by atoms with Crippen molar-refractivity contribution >= 4 is 29.9 Å². The van der Waals surface area contributed by atoms with Gasteiger partial charge in [0.1, 0.15) is 0 Å². The van der Waals surface area contributed by atoms with Crippen LogP contribution in [0.1, 0.15) is 49.6 Å². The molecule has 1 heterocycles. The molecule has 136 valence electrons. The van der Waals surface area contributed by atoms with Gasteiger partial charge in [0, 0.05) is 25.1 Å². The zero-order chi connectivity index (χ0) is 17.0. The lowest BCUT2D eigenvalue weighted by Gasteiger charge is -2.18. The van der Waals surface area contributed by atoms with Gasteiger partial charge in [-0.15, -0.1) is 24.0 Å². The summed E-state index contributed by atoms with van der Waals surface area (Å²) in [6.07, 6.45) is 2.45. The molecule has 5 nitrogen and oxygen atoms in total. The summed E-state index contributed by atoms with van der Waals surface area (Å²) in [5.41, 5.74) is 2.65. The minimum atomic E-state index is 0. The Hall–Kier alpha value is -1.57. The molecule has 0 bridgehead atoms. The second-order valence-corrected chi connectivity index (χ2v) is 6.80. The van der Waals surface area contributed by atoms with Crippen LogP contribution in [0.4, 0.5) is 0 Å². The number of benzene rings is 1. The topological polar surface area (TPSA) is 62.5 Å². The lowest BCUT2D eigenvalue weighted by atomic mass is 9.96. The van der Waals surface area contributed by atoms with Crippen LogP contribution >= 0.6 is 24.0 Å². The van der Waals surface area contributed by atoms with E-state index in [2.05, 4.69) is 65.0 Å². The summed E-state index contributed by atoms with van der Waals surface area (Å²) >= 11 is 0. The molecule has 0 amide bonds. The van der Waals surface area contributed by atoms with Crippen LogP contribution in [0, 0.1) is 0 Å². The van der Waals surface area contributed by atoms with Crippen LogP contribution in [0.5, 0.6) is 0 Å². The van der Waals surface area contributed by atoms with Gasteiger partial charge in [0.05, 0.1) is 12.2 Å². The molecule has 0 radical (unpaired) electrons. The Morgan fingerprint density at radius 2 is 1.96 bits per heavy atom. The summed E-state index contributed by atoms with van der Waals surface area (Å²) in [5, 5.41) is 10.8. The molecule has 1 fully saturated rings. The zero-order valence-corrected chi connectivity index (χ0v) is 17.4. The Bertz CT molecular complexity index is 692. The molecule has 1 saturated carbocycles. The Labute approximate surface area is 166 Å². The van der Waals surface area contributed by atoms with Gasteiger partial charge >= 0.3 is 0 Å². The van der Waals surface area contributed by atoms with Gasteiger partial charge in [-0.05, 0) is 24.3 Å². The Morgan fingerprint density at radius 1 is 1.24 bits per heavy atom. The molecular formula is C19H27IN4O. The van der Waals surface area contributed by atoms with Crippen LogP contribution in [-0.4, -0.2) is 24.7 Å². The maximum absolute atomic E-state index is 5.35. The van der Waals surface area contributed by atoms with E-state index in [-0.39, 0.29) is 29.4 Å². The average Bonchev–Trinajstić information content (AvgIpc) is 3.24. The van der Waals surface area contributed by atoms with Crippen molar-refractivity contribution in [2.24, 2.45) is 4.99 Å². The van der Waals surface area contributed by atoms with Gasteiger partial charge in [0.2, 0.25) is 0 Å². The van der Waals surface area contributed by atoms with Crippen LogP contribution < -0.4 is 10.6 Å². The van der Waals surface area contributed by atoms with Gasteiger partial charge in [-0.25, -0.2) is 0 Å². The van der Waals surface area contributed by atoms with Crippen LogP contribution in [0.2, 0.25) is 0 Å². The molecule has 0 spiro atoms. The van der Waals surface area contributed by atoms with E-state index in [1.165, 1.54) is 18.4 Å². The monoisotopic (exact) mass is 454 g/mol. The first-order chi connectivity index (χ1) is 11.6.